The van der Waals surface area contributed by atoms with Crippen LogP contribution < -0.4 is 15.5 Å². The molecule has 12 heteroatoms. The van der Waals surface area contributed by atoms with Crippen molar-refractivity contribution in [2.24, 2.45) is 22.7 Å². The van der Waals surface area contributed by atoms with Gasteiger partial charge in [-0.3, -0.25) is 4.99 Å². The molecule has 4 aliphatic heterocycles. The van der Waals surface area contributed by atoms with Crippen LogP contribution in [0.1, 0.15) is 38.7 Å². The van der Waals surface area contributed by atoms with Crippen LogP contribution in [0.3, 0.4) is 0 Å². The first-order valence-corrected chi connectivity index (χ1v) is 19.1. The predicted molar refractivity (Wildman–Crippen MR) is 187 cm³/mol. The number of hydrogen-bond donors (Lipinski definition) is 2. The summed E-state index contributed by atoms with van der Waals surface area (Å²) in [7, 11) is -1.75. The van der Waals surface area contributed by atoms with Crippen LogP contribution in [0, 0.1) is 23.6 Å². The number of nitrogens with zero attached hydrogens (tertiary/aromatic N) is 3. The number of halogens is 1. The van der Waals surface area contributed by atoms with E-state index in [9.17, 15) is 17.6 Å². The number of carbonyl (C=O) groups excluding carboxylic acids is 1. The first-order valence-electron chi connectivity index (χ1n) is 17.6. The van der Waals surface area contributed by atoms with Gasteiger partial charge >= 0.3 is 6.09 Å². The maximum Gasteiger partial charge on any atom is 0.407 e. The van der Waals surface area contributed by atoms with E-state index in [-0.39, 0.29) is 43.0 Å². The van der Waals surface area contributed by atoms with E-state index in [0.717, 1.165) is 62.7 Å². The lowest BCUT2D eigenvalue weighted by Gasteiger charge is -2.50. The first-order chi connectivity index (χ1) is 23.6. The van der Waals surface area contributed by atoms with Gasteiger partial charge in [-0.05, 0) is 93.2 Å². The Morgan fingerprint density at radius 2 is 1.88 bits per heavy atom. The van der Waals surface area contributed by atoms with Gasteiger partial charge in [-0.15, -0.1) is 0 Å². The van der Waals surface area contributed by atoms with Crippen LogP contribution in [0.5, 0.6) is 0 Å². The predicted octanol–water partition coefficient (Wildman–Crippen LogP) is 4.17. The van der Waals surface area contributed by atoms with Gasteiger partial charge < -0.3 is 29.9 Å². The number of sulfone groups is 1. The van der Waals surface area contributed by atoms with Crippen molar-refractivity contribution in [3.05, 3.63) is 71.6 Å². The van der Waals surface area contributed by atoms with E-state index in [4.69, 9.17) is 14.5 Å². The third kappa shape index (κ3) is 6.59. The summed E-state index contributed by atoms with van der Waals surface area (Å²) in [4.78, 5) is 22.9. The van der Waals surface area contributed by atoms with E-state index in [0.29, 0.717) is 23.8 Å². The number of amides is 1. The Morgan fingerprint density at radius 3 is 2.53 bits per heavy atom. The molecule has 1 aliphatic carbocycles. The van der Waals surface area contributed by atoms with Crippen molar-refractivity contribution in [1.82, 2.24) is 15.5 Å². The van der Waals surface area contributed by atoms with Gasteiger partial charge in [0, 0.05) is 62.1 Å². The highest BCUT2D eigenvalue weighted by atomic mass is 32.2. The summed E-state index contributed by atoms with van der Waals surface area (Å²) in [6.45, 7) is 9.86. The zero-order chi connectivity index (χ0) is 34.3. The molecule has 2 aromatic rings. The summed E-state index contributed by atoms with van der Waals surface area (Å²) in [6, 6.07) is 14.3. The number of benzene rings is 2. The maximum absolute atomic E-state index is 15.0. The fourth-order valence-corrected chi connectivity index (χ4v) is 10.2. The number of carbonyl (C=O) groups is 1. The second kappa shape index (κ2) is 13.7. The number of piperidine rings is 1. The maximum atomic E-state index is 15.0. The number of aliphatic imine (C=N–C) groups is 1. The molecule has 4 atom stereocenters. The molecule has 49 heavy (non-hydrogen) atoms. The molecule has 3 fully saturated rings. The highest BCUT2D eigenvalue weighted by Gasteiger charge is 2.53. The average molecular weight is 694 g/mol. The van der Waals surface area contributed by atoms with Gasteiger partial charge in [-0.25, -0.2) is 17.6 Å². The molecule has 264 valence electrons. The number of likely N-dealkylation sites (tertiary alicyclic amines) is 1. The van der Waals surface area contributed by atoms with Gasteiger partial charge in [0.2, 0.25) is 0 Å². The topological polar surface area (TPSA) is 113 Å². The summed E-state index contributed by atoms with van der Waals surface area (Å²) in [5, 5.41) is 5.72. The third-order valence-electron chi connectivity index (χ3n) is 11.6. The lowest BCUT2D eigenvalue weighted by atomic mass is 9.59. The van der Waals surface area contributed by atoms with Crippen LogP contribution in [-0.4, -0.2) is 102 Å². The lowest BCUT2D eigenvalue weighted by molar-refractivity contribution is 0.0237. The molecule has 2 N–H and O–H groups in total. The molecule has 2 aromatic carbocycles. The van der Waals surface area contributed by atoms with Gasteiger partial charge in [0.1, 0.15) is 17.2 Å². The Kier molecular flexibility index (Phi) is 9.49. The molecular formula is C37H48FN5O5S. The van der Waals surface area contributed by atoms with E-state index in [1.54, 1.807) is 31.3 Å². The molecule has 2 bridgehead atoms. The summed E-state index contributed by atoms with van der Waals surface area (Å²) >= 11 is 0. The number of ether oxygens (including phenoxy) is 2. The minimum Gasteiger partial charge on any atom is -0.445 e. The minimum atomic E-state index is -3.33. The molecule has 0 radical (unpaired) electrons. The molecule has 0 spiro atoms. The largest absolute Gasteiger partial charge is 0.445 e. The van der Waals surface area contributed by atoms with Crippen LogP contribution in [0.2, 0.25) is 0 Å². The number of fused-ring (bicyclic) bond motifs is 1. The van der Waals surface area contributed by atoms with E-state index in [2.05, 4.69) is 33.4 Å². The summed E-state index contributed by atoms with van der Waals surface area (Å²) < 4.78 is 51.6. The fourth-order valence-electron chi connectivity index (χ4n) is 8.71. The van der Waals surface area contributed by atoms with Crippen molar-refractivity contribution in [2.75, 3.05) is 64.4 Å². The Labute approximate surface area is 289 Å². The molecule has 7 rings (SSSR count). The van der Waals surface area contributed by atoms with Crippen molar-refractivity contribution in [1.29, 1.82) is 0 Å². The van der Waals surface area contributed by atoms with Crippen LogP contribution in [0.4, 0.5) is 14.9 Å². The number of hydrogen-bond acceptors (Lipinski definition) is 9. The van der Waals surface area contributed by atoms with Crippen LogP contribution in [0.15, 0.2) is 70.1 Å². The van der Waals surface area contributed by atoms with E-state index in [1.807, 2.05) is 25.1 Å². The third-order valence-corrected chi connectivity index (χ3v) is 13.7. The lowest BCUT2D eigenvalue weighted by Crippen LogP contribution is -2.55. The second-order valence-electron chi connectivity index (χ2n) is 14.5. The molecule has 4 heterocycles. The Balaban J connectivity index is 1.05. The number of rotatable bonds is 8. The minimum absolute atomic E-state index is 0.0464. The molecule has 0 saturated carbocycles. The van der Waals surface area contributed by atoms with Gasteiger partial charge in [0.25, 0.3) is 0 Å². The Morgan fingerprint density at radius 1 is 1.14 bits per heavy atom. The van der Waals surface area contributed by atoms with E-state index >= 15 is 0 Å². The molecule has 10 nitrogen and oxygen atoms in total. The van der Waals surface area contributed by atoms with Crippen molar-refractivity contribution in [3.8, 4) is 0 Å². The number of alkyl carbamates (subject to hydrolysis) is 1. The second-order valence-corrected chi connectivity index (χ2v) is 16.8. The summed E-state index contributed by atoms with van der Waals surface area (Å²) in [5.74, 6) is 1.17. The van der Waals surface area contributed by atoms with Crippen molar-refractivity contribution >= 4 is 27.5 Å². The molecule has 5 aliphatic rings. The molecule has 1 unspecified atom stereocenters. The van der Waals surface area contributed by atoms with Gasteiger partial charge in [0.15, 0.2) is 9.84 Å². The van der Waals surface area contributed by atoms with Crippen molar-refractivity contribution < 1.29 is 27.1 Å². The molecule has 1 amide bonds. The molecule has 3 saturated heterocycles. The van der Waals surface area contributed by atoms with E-state index in [1.165, 1.54) is 11.6 Å². The Hall–Kier alpha value is -3.48. The van der Waals surface area contributed by atoms with Crippen molar-refractivity contribution in [2.45, 2.75) is 60.8 Å². The van der Waals surface area contributed by atoms with Crippen molar-refractivity contribution in [3.63, 3.8) is 0 Å². The first kappa shape index (κ1) is 34.0. The number of nitrogens with one attached hydrogen (secondary N) is 2. The number of anilines is 1. The van der Waals surface area contributed by atoms with Crippen LogP contribution >= 0.6 is 0 Å². The molecular weight excluding hydrogens is 646 g/mol. The summed E-state index contributed by atoms with van der Waals surface area (Å²) in [6.07, 6.45) is 3.95. The SMILES string of the molecule is CNC(=O)O[C@H]1CC2=C[C@@H]1[C@](c1cccc(F)c1)(C1CCN(CC3CN(c4ccc(S(=O)(=O)C5COC5)cc4)C3)CC1)CN=C(C)NC2C. The van der Waals surface area contributed by atoms with Gasteiger partial charge in [0.05, 0.1) is 30.5 Å². The average Bonchev–Trinajstić information content (AvgIpc) is 3.47. The normalized spacial score (nSPS) is 28.6. The highest BCUT2D eigenvalue weighted by Crippen LogP contribution is 2.51. The Bertz CT molecular complexity index is 1700. The van der Waals surface area contributed by atoms with Crippen LogP contribution in [-0.2, 0) is 24.7 Å². The smallest absolute Gasteiger partial charge is 0.407 e. The molecule has 0 aromatic heterocycles. The number of amidine groups is 1. The van der Waals surface area contributed by atoms with Gasteiger partial charge in [-0.1, -0.05) is 18.2 Å². The monoisotopic (exact) mass is 693 g/mol. The highest BCUT2D eigenvalue weighted by molar-refractivity contribution is 7.92. The summed E-state index contributed by atoms with van der Waals surface area (Å²) in [5.41, 5.74) is 2.60. The quantitative estimate of drug-likeness (QED) is 0.397. The zero-order valence-corrected chi connectivity index (χ0v) is 29.4. The van der Waals surface area contributed by atoms with E-state index < -0.39 is 26.6 Å². The van der Waals surface area contributed by atoms with Crippen LogP contribution in [0.25, 0.3) is 0 Å². The standard InChI is InChI=1S/C37H48FN5O5S/c1-24-27-15-34(35(16-27)48-36(44)39-3)37(23-40-25(2)41-24,29-5-4-6-30(38)17-29)28-11-13-42(14-12-28)18-26-19-43(20-26)31-7-9-32(10-8-31)49(45,46)33-21-47-22-33/h4-10,15,17,24,26,28,33-35H,11-14,16,18-23H2,1-3H3,(H,39,44)(H,40,41)/t24?,34-,35-,37-/m0/s1. The van der Waals surface area contributed by atoms with Gasteiger partial charge in [-0.2, -0.15) is 0 Å². The zero-order valence-electron chi connectivity index (χ0n) is 28.6. The fraction of sp³-hybridized carbons (Fsp3) is 0.568.